The highest BCUT2D eigenvalue weighted by Gasteiger charge is 2.25. The molecule has 0 radical (unpaired) electrons. The first kappa shape index (κ1) is 19.1. The van der Waals surface area contributed by atoms with E-state index in [1.165, 1.54) is 0 Å². The van der Waals surface area contributed by atoms with Gasteiger partial charge in [0, 0.05) is 24.4 Å². The third-order valence-electron chi connectivity index (χ3n) is 4.53. The second-order valence-electron chi connectivity index (χ2n) is 7.18. The van der Waals surface area contributed by atoms with Gasteiger partial charge in [-0.2, -0.15) is 0 Å². The van der Waals surface area contributed by atoms with Crippen LogP contribution in [0.4, 0.5) is 0 Å². The summed E-state index contributed by atoms with van der Waals surface area (Å²) in [6.45, 7) is 4.82. The second-order valence-corrected chi connectivity index (χ2v) is 7.18. The van der Waals surface area contributed by atoms with Gasteiger partial charge >= 0.3 is 0 Å². The van der Waals surface area contributed by atoms with E-state index in [1.54, 1.807) is 25.5 Å². The number of hydrogen-bond donors (Lipinski definition) is 1. The minimum atomic E-state index is -0.0663. The molecule has 0 saturated carbocycles. The lowest BCUT2D eigenvalue weighted by Gasteiger charge is -2.26. The van der Waals surface area contributed by atoms with E-state index < -0.39 is 0 Å². The number of ether oxygens (including phenoxy) is 2. The van der Waals surface area contributed by atoms with Crippen LogP contribution in [0.2, 0.25) is 0 Å². The number of furan rings is 1. The maximum absolute atomic E-state index is 11.6. The average molecular weight is 369 g/mol. The van der Waals surface area contributed by atoms with Crippen LogP contribution < -0.4 is 14.8 Å². The maximum atomic E-state index is 11.6. The van der Waals surface area contributed by atoms with Crippen LogP contribution in [0.3, 0.4) is 0 Å². The summed E-state index contributed by atoms with van der Waals surface area (Å²) in [6.07, 6.45) is 11.6. The maximum Gasteiger partial charge on any atom is 0.243 e. The number of amides is 1. The standard InChI is InChI=1S/C22H27NO4/c1-15(2)14-23-19(24)8-6-4-5-7-18-10-9-16-13-17-11-12-26-20(17)22(25-3)21(16)27-18/h4-6,8,11-13,15,18H,7,9-10,14H2,1-3H3,(H,23,24)/t18-/m0/s1. The summed E-state index contributed by atoms with van der Waals surface area (Å²) in [5.74, 6) is 1.84. The Morgan fingerprint density at radius 1 is 1.41 bits per heavy atom. The number of carbonyl (C=O) groups is 1. The zero-order chi connectivity index (χ0) is 19.2. The van der Waals surface area contributed by atoms with Crippen molar-refractivity contribution >= 4 is 16.9 Å². The highest BCUT2D eigenvalue weighted by molar-refractivity contribution is 5.88. The second kappa shape index (κ2) is 8.80. The van der Waals surface area contributed by atoms with Gasteiger partial charge in [0.15, 0.2) is 11.3 Å². The van der Waals surface area contributed by atoms with Gasteiger partial charge in [0.2, 0.25) is 11.7 Å². The van der Waals surface area contributed by atoms with E-state index in [1.807, 2.05) is 18.2 Å². The summed E-state index contributed by atoms with van der Waals surface area (Å²) in [5, 5.41) is 3.89. The lowest BCUT2D eigenvalue weighted by Crippen LogP contribution is -2.25. The van der Waals surface area contributed by atoms with Crippen molar-refractivity contribution in [3.05, 3.63) is 48.3 Å². The number of carbonyl (C=O) groups excluding carboxylic acids is 1. The van der Waals surface area contributed by atoms with Crippen LogP contribution in [0, 0.1) is 5.92 Å². The Bertz CT molecular complexity index is 847. The molecule has 1 aliphatic heterocycles. The molecule has 5 nitrogen and oxygen atoms in total. The van der Waals surface area contributed by atoms with Crippen molar-refractivity contribution in [2.45, 2.75) is 39.2 Å². The van der Waals surface area contributed by atoms with E-state index in [-0.39, 0.29) is 12.0 Å². The molecule has 2 heterocycles. The monoisotopic (exact) mass is 369 g/mol. The number of methoxy groups -OCH3 is 1. The molecule has 0 bridgehead atoms. The van der Waals surface area contributed by atoms with Crippen LogP contribution in [0.1, 0.15) is 32.3 Å². The molecule has 1 amide bonds. The Morgan fingerprint density at radius 2 is 2.26 bits per heavy atom. The summed E-state index contributed by atoms with van der Waals surface area (Å²) < 4.78 is 17.3. The van der Waals surface area contributed by atoms with Crippen molar-refractivity contribution in [3.8, 4) is 11.5 Å². The van der Waals surface area contributed by atoms with Gasteiger partial charge in [0.1, 0.15) is 6.10 Å². The van der Waals surface area contributed by atoms with Gasteiger partial charge in [-0.15, -0.1) is 0 Å². The molecule has 0 saturated heterocycles. The molecule has 5 heteroatoms. The van der Waals surface area contributed by atoms with Crippen LogP contribution in [-0.2, 0) is 11.2 Å². The van der Waals surface area contributed by atoms with Gasteiger partial charge in [-0.3, -0.25) is 4.79 Å². The van der Waals surface area contributed by atoms with E-state index >= 15 is 0 Å². The van der Waals surface area contributed by atoms with Crippen molar-refractivity contribution in [2.75, 3.05) is 13.7 Å². The molecule has 1 aliphatic rings. The molecular weight excluding hydrogens is 342 g/mol. The summed E-state index contributed by atoms with van der Waals surface area (Å²) >= 11 is 0. The fourth-order valence-electron chi connectivity index (χ4n) is 3.14. The van der Waals surface area contributed by atoms with E-state index in [0.29, 0.717) is 18.2 Å². The van der Waals surface area contributed by atoms with Crippen LogP contribution >= 0.6 is 0 Å². The average Bonchev–Trinajstić information content (AvgIpc) is 3.12. The van der Waals surface area contributed by atoms with Crippen LogP contribution in [-0.4, -0.2) is 25.7 Å². The molecule has 27 heavy (non-hydrogen) atoms. The first-order valence-electron chi connectivity index (χ1n) is 9.43. The van der Waals surface area contributed by atoms with Crippen LogP contribution in [0.25, 0.3) is 11.0 Å². The van der Waals surface area contributed by atoms with Crippen molar-refractivity contribution in [1.82, 2.24) is 5.32 Å². The minimum absolute atomic E-state index is 0.0663. The number of aryl methyl sites for hydroxylation is 1. The Kier molecular flexibility index (Phi) is 6.22. The molecule has 0 fully saturated rings. The number of fused-ring (bicyclic) bond motifs is 2. The fourth-order valence-corrected chi connectivity index (χ4v) is 3.14. The normalized spacial score (nSPS) is 16.8. The zero-order valence-corrected chi connectivity index (χ0v) is 16.2. The van der Waals surface area contributed by atoms with Gasteiger partial charge in [-0.1, -0.05) is 32.1 Å². The number of benzene rings is 1. The first-order valence-corrected chi connectivity index (χ1v) is 9.43. The number of hydrogen-bond acceptors (Lipinski definition) is 4. The summed E-state index contributed by atoms with van der Waals surface area (Å²) in [7, 11) is 1.64. The molecule has 0 unspecified atom stereocenters. The van der Waals surface area contributed by atoms with Crippen LogP contribution in [0.15, 0.2) is 47.1 Å². The van der Waals surface area contributed by atoms with Crippen LogP contribution in [0.5, 0.6) is 11.5 Å². The van der Waals surface area contributed by atoms with Crippen molar-refractivity contribution in [2.24, 2.45) is 5.92 Å². The Labute approximate surface area is 160 Å². The fraction of sp³-hybridized carbons (Fsp3) is 0.409. The molecule has 1 atom stereocenters. The highest BCUT2D eigenvalue weighted by Crippen LogP contribution is 2.43. The van der Waals surface area contributed by atoms with Crippen molar-refractivity contribution in [3.63, 3.8) is 0 Å². The zero-order valence-electron chi connectivity index (χ0n) is 16.2. The minimum Gasteiger partial charge on any atom is -0.490 e. The molecule has 144 valence electrons. The lowest BCUT2D eigenvalue weighted by atomic mass is 9.98. The Morgan fingerprint density at radius 3 is 3.04 bits per heavy atom. The lowest BCUT2D eigenvalue weighted by molar-refractivity contribution is -0.116. The van der Waals surface area contributed by atoms with Gasteiger partial charge < -0.3 is 19.2 Å². The molecule has 0 spiro atoms. The predicted molar refractivity (Wildman–Crippen MR) is 106 cm³/mol. The number of nitrogens with one attached hydrogen (secondary N) is 1. The summed E-state index contributed by atoms with van der Waals surface area (Å²) in [5.41, 5.74) is 1.88. The van der Waals surface area contributed by atoms with E-state index in [0.717, 1.165) is 41.5 Å². The number of allylic oxidation sites excluding steroid dienone is 2. The molecule has 1 N–H and O–H groups in total. The molecule has 1 aromatic carbocycles. The molecule has 2 aromatic rings. The highest BCUT2D eigenvalue weighted by atomic mass is 16.5. The van der Waals surface area contributed by atoms with Gasteiger partial charge in [0.25, 0.3) is 0 Å². The third kappa shape index (κ3) is 4.73. The predicted octanol–water partition coefficient (Wildman–Crippen LogP) is 4.41. The van der Waals surface area contributed by atoms with Gasteiger partial charge in [-0.25, -0.2) is 0 Å². The summed E-state index contributed by atoms with van der Waals surface area (Å²) in [6, 6.07) is 4.05. The van der Waals surface area contributed by atoms with Gasteiger partial charge in [-0.05, 0) is 36.5 Å². The van der Waals surface area contributed by atoms with Gasteiger partial charge in [0.05, 0.1) is 13.4 Å². The van der Waals surface area contributed by atoms with E-state index in [2.05, 4.69) is 25.2 Å². The van der Waals surface area contributed by atoms with Crippen molar-refractivity contribution in [1.29, 1.82) is 0 Å². The Balaban J connectivity index is 1.57. The van der Waals surface area contributed by atoms with E-state index in [9.17, 15) is 4.79 Å². The number of rotatable bonds is 7. The quantitative estimate of drug-likeness (QED) is 0.580. The Hall–Kier alpha value is -2.69. The topological polar surface area (TPSA) is 60.7 Å². The molecular formula is C22H27NO4. The first-order chi connectivity index (χ1) is 13.1. The SMILES string of the molecule is COc1c2c(cc3ccoc13)CC[C@H](CC=CC=CC(=O)NCC(C)C)O2. The smallest absolute Gasteiger partial charge is 0.243 e. The van der Waals surface area contributed by atoms with E-state index in [4.69, 9.17) is 13.9 Å². The molecule has 1 aromatic heterocycles. The largest absolute Gasteiger partial charge is 0.490 e. The molecule has 3 rings (SSSR count). The van der Waals surface area contributed by atoms with Crippen molar-refractivity contribution < 1.29 is 18.7 Å². The third-order valence-corrected chi connectivity index (χ3v) is 4.53. The molecule has 0 aliphatic carbocycles. The summed E-state index contributed by atoms with van der Waals surface area (Å²) in [4.78, 5) is 11.6.